The van der Waals surface area contributed by atoms with E-state index in [4.69, 9.17) is 0 Å². The van der Waals surface area contributed by atoms with Gasteiger partial charge < -0.3 is 0 Å². The molecule has 0 N–H and O–H groups in total. The molecule has 2 rings (SSSR count). The average molecular weight is 327 g/mol. The van der Waals surface area contributed by atoms with Gasteiger partial charge in [0.2, 0.25) is 0 Å². The Morgan fingerprint density at radius 1 is 1.11 bits per heavy atom. The molecule has 1 aromatic heterocycles. The molecule has 0 saturated heterocycles. The van der Waals surface area contributed by atoms with Crippen LogP contribution in [0.1, 0.15) is 5.69 Å². The minimum atomic E-state index is -3.16. The van der Waals surface area contributed by atoms with Gasteiger partial charge in [-0.15, -0.1) is 0 Å². The molecular formula is C12H11BrN2O2S. The van der Waals surface area contributed by atoms with E-state index in [2.05, 4.69) is 25.9 Å². The Balaban J connectivity index is 2.46. The molecule has 0 unspecified atom stereocenters. The molecule has 1 aromatic carbocycles. The number of rotatable bonds is 2. The second-order valence-electron chi connectivity index (χ2n) is 3.96. The molecule has 0 aliphatic heterocycles. The summed E-state index contributed by atoms with van der Waals surface area (Å²) in [6, 6.07) is 8.49. The highest BCUT2D eigenvalue weighted by Crippen LogP contribution is 2.21. The Morgan fingerprint density at radius 2 is 1.72 bits per heavy atom. The average Bonchev–Trinajstić information content (AvgIpc) is 2.27. The van der Waals surface area contributed by atoms with E-state index in [0.29, 0.717) is 9.63 Å². The first kappa shape index (κ1) is 13.2. The second kappa shape index (κ2) is 4.78. The predicted molar refractivity (Wildman–Crippen MR) is 73.0 cm³/mol. The Bertz CT molecular complexity index is 661. The fraction of sp³-hybridized carbons (Fsp3) is 0.167. The van der Waals surface area contributed by atoms with E-state index in [0.717, 1.165) is 17.0 Å². The molecule has 0 amide bonds. The third-order valence-corrected chi connectivity index (χ3v) is 3.89. The summed E-state index contributed by atoms with van der Waals surface area (Å²) in [6.45, 7) is 1.88. The largest absolute Gasteiger partial charge is 0.227 e. The van der Waals surface area contributed by atoms with Gasteiger partial charge in [0.1, 0.15) is 0 Å². The monoisotopic (exact) mass is 326 g/mol. The van der Waals surface area contributed by atoms with Crippen molar-refractivity contribution in [2.24, 2.45) is 0 Å². The third kappa shape index (κ3) is 2.94. The van der Waals surface area contributed by atoms with Crippen LogP contribution >= 0.6 is 15.9 Å². The standard InChI is InChI=1S/C12H11BrN2O2S/c1-8-7-11(15-12(13)14-8)9-3-5-10(6-4-9)18(2,16)17/h3-7H,1-2H3. The lowest BCUT2D eigenvalue weighted by atomic mass is 10.1. The molecule has 0 aliphatic rings. The third-order valence-electron chi connectivity index (χ3n) is 2.41. The maximum absolute atomic E-state index is 11.4. The van der Waals surface area contributed by atoms with E-state index in [1.54, 1.807) is 24.3 Å². The topological polar surface area (TPSA) is 59.9 Å². The van der Waals surface area contributed by atoms with Crippen LogP contribution in [0.5, 0.6) is 0 Å². The van der Waals surface area contributed by atoms with E-state index < -0.39 is 9.84 Å². The van der Waals surface area contributed by atoms with Crippen LogP contribution in [0.25, 0.3) is 11.3 Å². The van der Waals surface area contributed by atoms with E-state index in [-0.39, 0.29) is 0 Å². The van der Waals surface area contributed by atoms with Gasteiger partial charge in [0.25, 0.3) is 0 Å². The van der Waals surface area contributed by atoms with Crippen LogP contribution in [0, 0.1) is 6.92 Å². The molecule has 0 saturated carbocycles. The lowest BCUT2D eigenvalue weighted by molar-refractivity contribution is 0.602. The summed E-state index contributed by atoms with van der Waals surface area (Å²) >= 11 is 3.24. The summed E-state index contributed by atoms with van der Waals surface area (Å²) in [4.78, 5) is 8.68. The molecule has 0 spiro atoms. The first-order valence-electron chi connectivity index (χ1n) is 5.18. The Labute approximate surface area is 114 Å². The number of benzene rings is 1. The van der Waals surface area contributed by atoms with Gasteiger partial charge in [0, 0.05) is 17.5 Å². The maximum atomic E-state index is 11.4. The Kier molecular flexibility index (Phi) is 3.49. The van der Waals surface area contributed by atoms with Crippen molar-refractivity contribution < 1.29 is 8.42 Å². The van der Waals surface area contributed by atoms with Crippen molar-refractivity contribution in [3.8, 4) is 11.3 Å². The summed E-state index contributed by atoms with van der Waals surface area (Å²) in [7, 11) is -3.16. The summed E-state index contributed by atoms with van der Waals surface area (Å²) < 4.78 is 23.2. The van der Waals surface area contributed by atoms with E-state index >= 15 is 0 Å². The van der Waals surface area contributed by atoms with Gasteiger partial charge in [-0.05, 0) is 41.1 Å². The number of hydrogen-bond donors (Lipinski definition) is 0. The van der Waals surface area contributed by atoms with E-state index in [9.17, 15) is 8.42 Å². The lowest BCUT2D eigenvalue weighted by Gasteiger charge is -2.04. The molecule has 2 aromatic rings. The molecule has 0 bridgehead atoms. The van der Waals surface area contributed by atoms with Gasteiger partial charge in [0.15, 0.2) is 14.6 Å². The van der Waals surface area contributed by atoms with Crippen LogP contribution in [0.3, 0.4) is 0 Å². The first-order valence-corrected chi connectivity index (χ1v) is 7.86. The molecule has 94 valence electrons. The summed E-state index contributed by atoms with van der Waals surface area (Å²) in [5.74, 6) is 0. The van der Waals surface area contributed by atoms with Crippen molar-refractivity contribution in [2.45, 2.75) is 11.8 Å². The van der Waals surface area contributed by atoms with Crippen molar-refractivity contribution in [3.63, 3.8) is 0 Å². The highest BCUT2D eigenvalue weighted by atomic mass is 79.9. The van der Waals surface area contributed by atoms with Gasteiger partial charge in [-0.25, -0.2) is 18.4 Å². The fourth-order valence-corrected chi connectivity index (χ4v) is 2.65. The van der Waals surface area contributed by atoms with Crippen molar-refractivity contribution in [1.29, 1.82) is 0 Å². The summed E-state index contributed by atoms with van der Waals surface area (Å²) in [5, 5.41) is 0. The fourth-order valence-electron chi connectivity index (χ4n) is 1.55. The number of nitrogens with zero attached hydrogens (tertiary/aromatic N) is 2. The Morgan fingerprint density at radius 3 is 2.22 bits per heavy atom. The zero-order chi connectivity index (χ0) is 13.3. The van der Waals surface area contributed by atoms with Gasteiger partial charge in [0.05, 0.1) is 10.6 Å². The van der Waals surface area contributed by atoms with Crippen molar-refractivity contribution in [2.75, 3.05) is 6.26 Å². The number of sulfone groups is 1. The van der Waals surface area contributed by atoms with Crippen molar-refractivity contribution in [1.82, 2.24) is 9.97 Å². The molecule has 4 nitrogen and oxygen atoms in total. The van der Waals surface area contributed by atoms with Crippen LogP contribution in [0.2, 0.25) is 0 Å². The van der Waals surface area contributed by atoms with Gasteiger partial charge in [-0.2, -0.15) is 0 Å². The van der Waals surface area contributed by atoms with Crippen molar-refractivity contribution >= 4 is 25.8 Å². The van der Waals surface area contributed by atoms with Crippen LogP contribution in [-0.4, -0.2) is 24.6 Å². The highest BCUT2D eigenvalue weighted by Gasteiger charge is 2.08. The first-order chi connectivity index (χ1) is 8.36. The van der Waals surface area contributed by atoms with Crippen molar-refractivity contribution in [3.05, 3.63) is 40.8 Å². The second-order valence-corrected chi connectivity index (χ2v) is 6.69. The normalized spacial score (nSPS) is 11.5. The zero-order valence-corrected chi connectivity index (χ0v) is 12.3. The molecule has 0 aliphatic carbocycles. The smallest absolute Gasteiger partial charge is 0.197 e. The van der Waals surface area contributed by atoms with E-state index in [1.165, 1.54) is 6.26 Å². The van der Waals surface area contributed by atoms with Crippen LogP contribution in [-0.2, 0) is 9.84 Å². The van der Waals surface area contributed by atoms with E-state index in [1.807, 2.05) is 13.0 Å². The van der Waals surface area contributed by atoms with Crippen LogP contribution < -0.4 is 0 Å². The number of halogens is 1. The Hall–Kier alpha value is -1.27. The molecule has 0 radical (unpaired) electrons. The number of aryl methyl sites for hydroxylation is 1. The quantitative estimate of drug-likeness (QED) is 0.796. The van der Waals surface area contributed by atoms with Gasteiger partial charge in [-0.1, -0.05) is 12.1 Å². The predicted octanol–water partition coefficient (Wildman–Crippen LogP) is 2.62. The molecule has 1 heterocycles. The maximum Gasteiger partial charge on any atom is 0.197 e. The van der Waals surface area contributed by atoms with Gasteiger partial charge >= 0.3 is 0 Å². The highest BCUT2D eigenvalue weighted by molar-refractivity contribution is 9.10. The molecule has 0 fully saturated rings. The summed E-state index contributed by atoms with van der Waals surface area (Å²) in [5.41, 5.74) is 2.46. The SMILES string of the molecule is Cc1cc(-c2ccc(S(C)(=O)=O)cc2)nc(Br)n1. The number of aromatic nitrogens is 2. The zero-order valence-electron chi connectivity index (χ0n) is 9.88. The summed E-state index contributed by atoms with van der Waals surface area (Å²) in [6.07, 6.45) is 1.19. The van der Waals surface area contributed by atoms with Crippen LogP contribution in [0.4, 0.5) is 0 Å². The molecule has 18 heavy (non-hydrogen) atoms. The molecular weight excluding hydrogens is 316 g/mol. The molecule has 0 atom stereocenters. The lowest BCUT2D eigenvalue weighted by Crippen LogP contribution is -1.97. The molecule has 6 heteroatoms. The van der Waals surface area contributed by atoms with Gasteiger partial charge in [-0.3, -0.25) is 0 Å². The minimum absolute atomic E-state index is 0.302. The number of hydrogen-bond acceptors (Lipinski definition) is 4. The van der Waals surface area contributed by atoms with Crippen LogP contribution in [0.15, 0.2) is 40.0 Å². The minimum Gasteiger partial charge on any atom is -0.227 e.